The van der Waals surface area contributed by atoms with Gasteiger partial charge in [-0.05, 0) is 24.6 Å². The first-order chi connectivity index (χ1) is 8.21. The van der Waals surface area contributed by atoms with Crippen LogP contribution in [-0.2, 0) is 14.8 Å². The quantitative estimate of drug-likeness (QED) is 0.871. The van der Waals surface area contributed by atoms with Crippen molar-refractivity contribution in [2.24, 2.45) is 0 Å². The molecule has 18 heavy (non-hydrogen) atoms. The van der Waals surface area contributed by atoms with Gasteiger partial charge < -0.3 is 5.11 Å². The highest BCUT2D eigenvalue weighted by Gasteiger charge is 2.20. The Morgan fingerprint density at radius 1 is 1.44 bits per heavy atom. The molecule has 1 aromatic carbocycles. The number of carbonyl (C=O) groups is 1. The van der Waals surface area contributed by atoms with Gasteiger partial charge in [0.1, 0.15) is 0 Å². The fraction of sp³-hybridized carbons (Fsp3) is 0.300. The van der Waals surface area contributed by atoms with Crippen LogP contribution < -0.4 is 4.72 Å². The molecule has 0 spiro atoms. The fourth-order valence-corrected chi connectivity index (χ4v) is 3.04. The second kappa shape index (κ2) is 5.88. The van der Waals surface area contributed by atoms with Crippen LogP contribution in [0.3, 0.4) is 0 Å². The molecule has 0 amide bonds. The third-order valence-corrected chi connectivity index (χ3v) is 4.00. The number of sulfonamides is 1. The summed E-state index contributed by atoms with van der Waals surface area (Å²) in [6, 6.07) is 4.00. The lowest BCUT2D eigenvalue weighted by Crippen LogP contribution is -2.32. The van der Waals surface area contributed by atoms with Crippen molar-refractivity contribution in [3.05, 3.63) is 33.8 Å². The minimum absolute atomic E-state index is 0.313. The second-order valence-corrected chi connectivity index (χ2v) is 6.26. The molecule has 0 saturated heterocycles. The smallest absolute Gasteiger partial charge is 0.320 e. The van der Waals surface area contributed by atoms with E-state index in [1.165, 1.54) is 6.07 Å². The molecular weight excluding hydrogens is 301 g/mol. The van der Waals surface area contributed by atoms with Crippen LogP contribution in [0.5, 0.6) is 0 Å². The van der Waals surface area contributed by atoms with E-state index in [-0.39, 0.29) is 0 Å². The van der Waals surface area contributed by atoms with Crippen LogP contribution in [-0.4, -0.2) is 25.2 Å². The Kier molecular flexibility index (Phi) is 4.98. The van der Waals surface area contributed by atoms with Crippen molar-refractivity contribution < 1.29 is 18.3 Å². The van der Waals surface area contributed by atoms with Crippen LogP contribution in [0, 0.1) is 0 Å². The summed E-state index contributed by atoms with van der Waals surface area (Å²) in [6.45, 7) is 1.56. The Morgan fingerprint density at radius 3 is 2.56 bits per heavy atom. The maximum atomic E-state index is 11.4. The molecule has 0 aliphatic carbocycles. The third kappa shape index (κ3) is 4.45. The molecule has 0 aliphatic rings. The standard InChI is InChI=1S/C10H11Cl2NO4S/c1-6(13-18(16,17)5-10(14)15)8-3-2-7(11)4-9(8)12/h2-4,6,13H,5H2,1H3,(H,14,15). The lowest BCUT2D eigenvalue weighted by molar-refractivity contribution is -0.134. The van der Waals surface area contributed by atoms with Gasteiger partial charge in [-0.2, -0.15) is 0 Å². The van der Waals surface area contributed by atoms with Gasteiger partial charge in [-0.15, -0.1) is 0 Å². The Balaban J connectivity index is 2.89. The predicted octanol–water partition coefficient (Wildman–Crippen LogP) is 2.06. The number of halogens is 2. The number of benzene rings is 1. The zero-order valence-corrected chi connectivity index (χ0v) is 11.7. The first kappa shape index (κ1) is 15.2. The van der Waals surface area contributed by atoms with E-state index in [1.807, 2.05) is 0 Å². The van der Waals surface area contributed by atoms with Crippen molar-refractivity contribution in [3.8, 4) is 0 Å². The first-order valence-electron chi connectivity index (χ1n) is 4.88. The van der Waals surface area contributed by atoms with Gasteiger partial charge in [-0.25, -0.2) is 13.1 Å². The highest BCUT2D eigenvalue weighted by Crippen LogP contribution is 2.26. The van der Waals surface area contributed by atoms with E-state index in [2.05, 4.69) is 4.72 Å². The highest BCUT2D eigenvalue weighted by molar-refractivity contribution is 7.90. The fourth-order valence-electron chi connectivity index (χ4n) is 1.39. The van der Waals surface area contributed by atoms with Crippen molar-refractivity contribution in [1.29, 1.82) is 0 Å². The first-order valence-corrected chi connectivity index (χ1v) is 7.29. The molecule has 1 unspecified atom stereocenters. The van der Waals surface area contributed by atoms with Gasteiger partial charge in [-0.1, -0.05) is 29.3 Å². The summed E-state index contributed by atoms with van der Waals surface area (Å²) in [5, 5.41) is 9.21. The number of carboxylic acid groups (broad SMARTS) is 1. The molecule has 1 aromatic rings. The Morgan fingerprint density at radius 2 is 2.06 bits per heavy atom. The molecule has 8 heteroatoms. The molecule has 0 aliphatic heterocycles. The maximum absolute atomic E-state index is 11.4. The average Bonchev–Trinajstić information content (AvgIpc) is 2.13. The molecule has 0 fully saturated rings. The summed E-state index contributed by atoms with van der Waals surface area (Å²) in [5.41, 5.74) is 0.523. The predicted molar refractivity (Wildman–Crippen MR) is 69.4 cm³/mol. The van der Waals surface area contributed by atoms with Gasteiger partial charge in [0.15, 0.2) is 5.75 Å². The summed E-state index contributed by atoms with van der Waals surface area (Å²) in [7, 11) is -3.90. The molecule has 0 radical (unpaired) electrons. The van der Waals surface area contributed by atoms with Gasteiger partial charge in [0, 0.05) is 16.1 Å². The molecule has 1 rings (SSSR count). The molecule has 0 aromatic heterocycles. The largest absolute Gasteiger partial charge is 0.480 e. The van der Waals surface area contributed by atoms with E-state index in [0.717, 1.165) is 0 Å². The Bertz CT molecular complexity index is 559. The number of aliphatic carboxylic acids is 1. The molecule has 0 saturated carbocycles. The third-order valence-electron chi connectivity index (χ3n) is 2.10. The maximum Gasteiger partial charge on any atom is 0.320 e. The zero-order chi connectivity index (χ0) is 13.9. The van der Waals surface area contributed by atoms with Gasteiger partial charge in [-0.3, -0.25) is 4.79 Å². The van der Waals surface area contributed by atoms with Crippen LogP contribution in [0.25, 0.3) is 0 Å². The topological polar surface area (TPSA) is 83.5 Å². The van der Waals surface area contributed by atoms with Gasteiger partial charge >= 0.3 is 5.97 Å². The van der Waals surface area contributed by atoms with Crippen LogP contribution in [0.4, 0.5) is 0 Å². The van der Waals surface area contributed by atoms with Crippen LogP contribution in [0.2, 0.25) is 10.0 Å². The van der Waals surface area contributed by atoms with E-state index < -0.39 is 27.8 Å². The van der Waals surface area contributed by atoms with Crippen molar-refractivity contribution in [2.75, 3.05) is 5.75 Å². The molecule has 100 valence electrons. The Labute approximate surface area is 115 Å². The van der Waals surface area contributed by atoms with Crippen molar-refractivity contribution in [1.82, 2.24) is 4.72 Å². The molecule has 5 nitrogen and oxygen atoms in total. The summed E-state index contributed by atoms with van der Waals surface area (Å²) in [6.07, 6.45) is 0. The summed E-state index contributed by atoms with van der Waals surface area (Å²) >= 11 is 11.6. The van der Waals surface area contributed by atoms with E-state index in [1.54, 1.807) is 19.1 Å². The molecule has 0 heterocycles. The molecule has 2 N–H and O–H groups in total. The van der Waals surface area contributed by atoms with Crippen molar-refractivity contribution in [3.63, 3.8) is 0 Å². The average molecular weight is 312 g/mol. The van der Waals surface area contributed by atoms with Crippen molar-refractivity contribution >= 4 is 39.2 Å². The van der Waals surface area contributed by atoms with E-state index in [9.17, 15) is 13.2 Å². The Hall–Kier alpha value is -0.820. The van der Waals surface area contributed by atoms with Crippen LogP contribution >= 0.6 is 23.2 Å². The number of carboxylic acids is 1. The number of hydrogen-bond acceptors (Lipinski definition) is 3. The van der Waals surface area contributed by atoms with E-state index in [0.29, 0.717) is 15.6 Å². The number of hydrogen-bond donors (Lipinski definition) is 2. The lowest BCUT2D eigenvalue weighted by Gasteiger charge is -2.15. The monoisotopic (exact) mass is 311 g/mol. The summed E-state index contributed by atoms with van der Waals surface area (Å²) < 4.78 is 25.1. The van der Waals surface area contributed by atoms with Gasteiger partial charge in [0.05, 0.1) is 0 Å². The summed E-state index contributed by atoms with van der Waals surface area (Å²) in [4.78, 5) is 10.4. The van der Waals surface area contributed by atoms with Crippen molar-refractivity contribution in [2.45, 2.75) is 13.0 Å². The van der Waals surface area contributed by atoms with Gasteiger partial charge in [0.2, 0.25) is 10.0 Å². The van der Waals surface area contributed by atoms with E-state index in [4.69, 9.17) is 28.3 Å². The summed E-state index contributed by atoms with van der Waals surface area (Å²) in [5.74, 6) is -2.40. The number of nitrogens with one attached hydrogen (secondary N) is 1. The second-order valence-electron chi connectivity index (χ2n) is 3.66. The normalized spacial score (nSPS) is 13.3. The zero-order valence-electron chi connectivity index (χ0n) is 9.35. The van der Waals surface area contributed by atoms with E-state index >= 15 is 0 Å². The molecule has 1 atom stereocenters. The lowest BCUT2D eigenvalue weighted by atomic mass is 10.1. The molecule has 0 bridgehead atoms. The van der Waals surface area contributed by atoms with Gasteiger partial charge in [0.25, 0.3) is 0 Å². The van der Waals surface area contributed by atoms with Crippen LogP contribution in [0.1, 0.15) is 18.5 Å². The van der Waals surface area contributed by atoms with Crippen LogP contribution in [0.15, 0.2) is 18.2 Å². The minimum Gasteiger partial charge on any atom is -0.480 e. The number of rotatable bonds is 5. The SMILES string of the molecule is CC(NS(=O)(=O)CC(=O)O)c1ccc(Cl)cc1Cl. The highest BCUT2D eigenvalue weighted by atomic mass is 35.5. The minimum atomic E-state index is -3.90. The molecular formula is C10H11Cl2NO4S.